The highest BCUT2D eigenvalue weighted by molar-refractivity contribution is 4.62. The van der Waals surface area contributed by atoms with Crippen molar-refractivity contribution in [2.75, 3.05) is 0 Å². The average Bonchev–Trinajstić information content (AvgIpc) is 1.27. The van der Waals surface area contributed by atoms with Crippen molar-refractivity contribution < 1.29 is 13.2 Å². The molecule has 1 radical (unpaired) electrons. The number of hydrogen-bond acceptors (Lipinski definition) is 0. The molecule has 0 aromatic carbocycles. The summed E-state index contributed by atoms with van der Waals surface area (Å²) in [6, 6.07) is 0. The van der Waals surface area contributed by atoms with Gasteiger partial charge in [0, 0.05) is 6.42 Å². The van der Waals surface area contributed by atoms with Crippen LogP contribution in [0.1, 0.15) is 13.3 Å². The normalized spacial score (nSPS) is 15.0. The van der Waals surface area contributed by atoms with Gasteiger partial charge in [-0.2, -0.15) is 8.78 Å². The molecule has 0 bridgehead atoms. The zero-order valence-corrected chi connectivity index (χ0v) is 3.92. The standard InChI is InChI=1S/C4H6F3/c1-3(5)2-4(6)7/h3H,2H2,1H3. The van der Waals surface area contributed by atoms with Crippen LogP contribution in [0.15, 0.2) is 0 Å². The average molecular weight is 111 g/mol. The maximum absolute atomic E-state index is 11.5. The van der Waals surface area contributed by atoms with E-state index in [1.165, 1.54) is 0 Å². The number of hydrogen-bond donors (Lipinski definition) is 0. The summed E-state index contributed by atoms with van der Waals surface area (Å²) in [6.07, 6.45) is -3.97. The summed E-state index contributed by atoms with van der Waals surface area (Å²) in [7, 11) is 0. The summed E-state index contributed by atoms with van der Waals surface area (Å²) in [4.78, 5) is 0. The van der Waals surface area contributed by atoms with Crippen LogP contribution < -0.4 is 0 Å². The highest BCUT2D eigenvalue weighted by Gasteiger charge is 2.09. The molecule has 0 aromatic rings. The summed E-state index contributed by atoms with van der Waals surface area (Å²) < 4.78 is 33.4. The molecule has 0 fully saturated rings. The number of alkyl halides is 1. The van der Waals surface area contributed by atoms with Crippen molar-refractivity contribution in [2.24, 2.45) is 0 Å². The van der Waals surface area contributed by atoms with Gasteiger partial charge in [0.05, 0.1) is 0 Å². The fraction of sp³-hybridized carbons (Fsp3) is 0.750. The molecular formula is C4H6F3. The molecule has 1 unspecified atom stereocenters. The van der Waals surface area contributed by atoms with E-state index in [9.17, 15) is 13.2 Å². The van der Waals surface area contributed by atoms with Gasteiger partial charge < -0.3 is 0 Å². The van der Waals surface area contributed by atoms with E-state index in [-0.39, 0.29) is 0 Å². The van der Waals surface area contributed by atoms with Crippen molar-refractivity contribution in [1.82, 2.24) is 0 Å². The molecule has 1 atom stereocenters. The fourth-order valence-electron chi connectivity index (χ4n) is 0.213. The molecule has 0 aromatic heterocycles. The summed E-state index contributed by atoms with van der Waals surface area (Å²) >= 11 is 0. The Hall–Kier alpha value is -0.210. The van der Waals surface area contributed by atoms with Crippen LogP contribution in [0.3, 0.4) is 0 Å². The van der Waals surface area contributed by atoms with Crippen molar-refractivity contribution in [3.05, 3.63) is 6.43 Å². The predicted octanol–water partition coefficient (Wildman–Crippen LogP) is 2.16. The van der Waals surface area contributed by atoms with Gasteiger partial charge in [0.15, 0.2) is 0 Å². The quantitative estimate of drug-likeness (QED) is 0.512. The van der Waals surface area contributed by atoms with Crippen LogP contribution in [0, 0.1) is 6.43 Å². The van der Waals surface area contributed by atoms with Crippen LogP contribution >= 0.6 is 0 Å². The Labute approximate surface area is 40.3 Å². The SMILES string of the molecule is CC(F)C[C](F)F. The van der Waals surface area contributed by atoms with E-state index >= 15 is 0 Å². The largest absolute Gasteiger partial charge is 0.313 e. The fourth-order valence-corrected chi connectivity index (χ4v) is 0.213. The summed E-state index contributed by atoms with van der Waals surface area (Å²) in [5, 5.41) is 0. The second kappa shape index (κ2) is 2.88. The van der Waals surface area contributed by atoms with Crippen molar-refractivity contribution in [3.8, 4) is 0 Å². The molecule has 0 aliphatic carbocycles. The maximum Gasteiger partial charge on any atom is 0.313 e. The van der Waals surface area contributed by atoms with E-state index in [1.54, 1.807) is 0 Å². The van der Waals surface area contributed by atoms with Crippen molar-refractivity contribution in [2.45, 2.75) is 19.5 Å². The smallest absolute Gasteiger partial charge is 0.248 e. The van der Waals surface area contributed by atoms with E-state index < -0.39 is 19.0 Å². The lowest BCUT2D eigenvalue weighted by molar-refractivity contribution is 0.214. The first-order valence-corrected chi connectivity index (χ1v) is 1.94. The molecular weight excluding hydrogens is 105 g/mol. The van der Waals surface area contributed by atoms with Crippen LogP contribution in [0.2, 0.25) is 0 Å². The first-order valence-electron chi connectivity index (χ1n) is 1.94. The lowest BCUT2D eigenvalue weighted by atomic mass is 10.3. The van der Waals surface area contributed by atoms with E-state index in [0.717, 1.165) is 6.92 Å². The molecule has 0 aliphatic heterocycles. The summed E-state index contributed by atoms with van der Waals surface area (Å²) in [5.74, 6) is 0. The van der Waals surface area contributed by atoms with Gasteiger partial charge >= 0.3 is 6.43 Å². The van der Waals surface area contributed by atoms with Gasteiger partial charge in [0.2, 0.25) is 0 Å². The molecule has 0 rings (SSSR count). The zero-order chi connectivity index (χ0) is 5.86. The Bertz CT molecular complexity index is 36.2. The molecule has 0 saturated heterocycles. The minimum absolute atomic E-state index is 0.722. The first kappa shape index (κ1) is 6.79. The molecule has 7 heavy (non-hydrogen) atoms. The van der Waals surface area contributed by atoms with Gasteiger partial charge in [-0.15, -0.1) is 0 Å². The van der Waals surface area contributed by atoms with E-state index in [0.29, 0.717) is 0 Å². The van der Waals surface area contributed by atoms with E-state index in [2.05, 4.69) is 0 Å². The third-order valence-corrected chi connectivity index (χ3v) is 0.436. The summed E-state index contributed by atoms with van der Waals surface area (Å²) in [5.41, 5.74) is 0. The lowest BCUT2D eigenvalue weighted by Gasteiger charge is -1.94. The molecule has 43 valence electrons. The Kier molecular flexibility index (Phi) is 2.79. The van der Waals surface area contributed by atoms with Gasteiger partial charge in [-0.05, 0) is 6.92 Å². The molecule has 0 amide bonds. The molecule has 0 N–H and O–H groups in total. The van der Waals surface area contributed by atoms with Crippen LogP contribution in [0.5, 0.6) is 0 Å². The first-order chi connectivity index (χ1) is 3.13. The van der Waals surface area contributed by atoms with E-state index in [4.69, 9.17) is 0 Å². The van der Waals surface area contributed by atoms with Gasteiger partial charge in [-0.25, -0.2) is 4.39 Å². The third-order valence-electron chi connectivity index (χ3n) is 0.436. The highest BCUT2D eigenvalue weighted by atomic mass is 19.3. The topological polar surface area (TPSA) is 0 Å². The van der Waals surface area contributed by atoms with Crippen molar-refractivity contribution >= 4 is 0 Å². The van der Waals surface area contributed by atoms with Crippen molar-refractivity contribution in [3.63, 3.8) is 0 Å². The number of rotatable bonds is 2. The van der Waals surface area contributed by atoms with Gasteiger partial charge in [-0.3, -0.25) is 0 Å². The minimum Gasteiger partial charge on any atom is -0.248 e. The van der Waals surface area contributed by atoms with Gasteiger partial charge in [-0.1, -0.05) is 0 Å². The molecule has 3 heteroatoms. The van der Waals surface area contributed by atoms with Gasteiger partial charge in [0.1, 0.15) is 6.17 Å². The monoisotopic (exact) mass is 111 g/mol. The Morgan fingerprint density at radius 3 is 2.00 bits per heavy atom. The number of halogens is 3. The molecule has 0 spiro atoms. The Morgan fingerprint density at radius 2 is 2.00 bits per heavy atom. The Balaban J connectivity index is 2.95. The second-order valence-corrected chi connectivity index (χ2v) is 1.32. The molecule has 0 nitrogen and oxygen atoms in total. The maximum atomic E-state index is 11.5. The van der Waals surface area contributed by atoms with Crippen LogP contribution in [0.25, 0.3) is 0 Å². The van der Waals surface area contributed by atoms with E-state index in [1.807, 2.05) is 0 Å². The van der Waals surface area contributed by atoms with Crippen molar-refractivity contribution in [1.29, 1.82) is 0 Å². The minimum atomic E-state index is -1.84. The highest BCUT2D eigenvalue weighted by Crippen LogP contribution is 2.12. The summed E-state index contributed by atoms with van der Waals surface area (Å²) in [6.45, 7) is 1.10. The Morgan fingerprint density at radius 1 is 1.57 bits per heavy atom. The predicted molar refractivity (Wildman–Crippen MR) is 20.6 cm³/mol. The second-order valence-electron chi connectivity index (χ2n) is 1.32. The molecule has 0 heterocycles. The molecule has 0 aliphatic rings. The van der Waals surface area contributed by atoms with Crippen LogP contribution in [-0.4, -0.2) is 6.17 Å². The van der Waals surface area contributed by atoms with Crippen LogP contribution in [0.4, 0.5) is 13.2 Å². The molecule has 0 saturated carbocycles. The third kappa shape index (κ3) is 5.79. The van der Waals surface area contributed by atoms with Crippen LogP contribution in [-0.2, 0) is 0 Å². The lowest BCUT2D eigenvalue weighted by Crippen LogP contribution is -1.93. The van der Waals surface area contributed by atoms with Gasteiger partial charge in [0.25, 0.3) is 0 Å². The zero-order valence-electron chi connectivity index (χ0n) is 3.92.